The van der Waals surface area contributed by atoms with E-state index in [4.69, 9.17) is 16.7 Å². The molecule has 6 nitrogen and oxygen atoms in total. The quantitative estimate of drug-likeness (QED) is 0.731. The minimum atomic E-state index is -4.02. The van der Waals surface area contributed by atoms with Gasteiger partial charge < -0.3 is 10.2 Å². The Hall–Kier alpha value is -1.15. The fraction of sp³-hybridized carbons (Fsp3) is 0.300. The van der Waals surface area contributed by atoms with Gasteiger partial charge in [-0.05, 0) is 31.2 Å². The second-order valence-corrected chi connectivity index (χ2v) is 5.78. The first kappa shape index (κ1) is 14.9. The average Bonchev–Trinajstić information content (AvgIpc) is 2.26. The molecule has 18 heavy (non-hydrogen) atoms. The molecule has 8 heteroatoms. The third-order valence-corrected chi connectivity index (χ3v) is 3.86. The maximum absolute atomic E-state index is 11.8. The highest BCUT2D eigenvalue weighted by molar-refractivity contribution is 7.89. The summed E-state index contributed by atoms with van der Waals surface area (Å²) in [5.41, 5.74) is 0. The van der Waals surface area contributed by atoms with Crippen molar-refractivity contribution in [3.8, 4) is 0 Å². The van der Waals surface area contributed by atoms with Gasteiger partial charge in [0.15, 0.2) is 0 Å². The number of nitrogens with one attached hydrogen (secondary N) is 1. The number of hydrogen-bond donors (Lipinski definition) is 3. The first-order chi connectivity index (χ1) is 8.24. The number of aliphatic carboxylic acids is 1. The fourth-order valence-electron chi connectivity index (χ4n) is 1.20. The molecule has 0 bridgehead atoms. The topological polar surface area (TPSA) is 104 Å². The summed E-state index contributed by atoms with van der Waals surface area (Å²) in [6.45, 7) is 1.18. The Labute approximate surface area is 109 Å². The number of aliphatic hydroxyl groups excluding tert-OH is 1. The molecule has 1 aromatic carbocycles. The fourth-order valence-corrected chi connectivity index (χ4v) is 2.59. The summed E-state index contributed by atoms with van der Waals surface area (Å²) in [6, 6.07) is 3.62. The monoisotopic (exact) mass is 293 g/mol. The van der Waals surface area contributed by atoms with Crippen molar-refractivity contribution in [3.63, 3.8) is 0 Å². The Morgan fingerprint density at radius 1 is 1.33 bits per heavy atom. The van der Waals surface area contributed by atoms with Gasteiger partial charge in [-0.1, -0.05) is 11.6 Å². The van der Waals surface area contributed by atoms with Gasteiger partial charge in [0.05, 0.1) is 11.0 Å². The Bertz CT molecular complexity index is 526. The maximum atomic E-state index is 11.8. The molecule has 1 aromatic rings. The lowest BCUT2D eigenvalue weighted by molar-refractivity contribution is -0.141. The van der Waals surface area contributed by atoms with Crippen LogP contribution in [0.4, 0.5) is 0 Å². The summed E-state index contributed by atoms with van der Waals surface area (Å²) in [5, 5.41) is 18.4. The molecule has 0 fully saturated rings. The van der Waals surface area contributed by atoms with E-state index in [1.54, 1.807) is 0 Å². The zero-order valence-corrected chi connectivity index (χ0v) is 10.9. The molecule has 2 atom stereocenters. The first-order valence-electron chi connectivity index (χ1n) is 4.93. The van der Waals surface area contributed by atoms with E-state index in [1.807, 2.05) is 4.72 Å². The number of carbonyl (C=O) groups is 1. The van der Waals surface area contributed by atoms with Gasteiger partial charge in [0.2, 0.25) is 10.0 Å². The first-order valence-corrected chi connectivity index (χ1v) is 6.79. The normalized spacial score (nSPS) is 15.1. The number of sulfonamides is 1. The Kier molecular flexibility index (Phi) is 4.69. The minimum absolute atomic E-state index is 0.126. The molecule has 0 unspecified atom stereocenters. The van der Waals surface area contributed by atoms with Crippen molar-refractivity contribution >= 4 is 27.6 Å². The molecule has 100 valence electrons. The summed E-state index contributed by atoms with van der Waals surface area (Å²) >= 11 is 5.62. The van der Waals surface area contributed by atoms with Crippen LogP contribution in [0.5, 0.6) is 0 Å². The largest absolute Gasteiger partial charge is 0.480 e. The zero-order chi connectivity index (χ0) is 13.9. The van der Waals surface area contributed by atoms with Gasteiger partial charge in [-0.25, -0.2) is 8.42 Å². The summed E-state index contributed by atoms with van der Waals surface area (Å²) in [7, 11) is -4.02. The van der Waals surface area contributed by atoms with Crippen LogP contribution in [0.2, 0.25) is 5.02 Å². The van der Waals surface area contributed by atoms with Crippen molar-refractivity contribution in [1.82, 2.24) is 4.72 Å². The standard InChI is InChI=1S/C10H12ClNO5S/c1-6(13)9(10(14)15)12-18(16,17)8-4-2-7(11)3-5-8/h2-6,9,12-13H,1H3,(H,14,15)/t6-,9-/m0/s1. The van der Waals surface area contributed by atoms with Crippen LogP contribution in [0, 0.1) is 0 Å². The molecule has 1 rings (SSSR count). The molecule has 0 radical (unpaired) electrons. The van der Waals surface area contributed by atoms with Crippen LogP contribution < -0.4 is 4.72 Å². The second-order valence-electron chi connectivity index (χ2n) is 3.63. The molecular weight excluding hydrogens is 282 g/mol. The van der Waals surface area contributed by atoms with Crippen LogP contribution in [0.1, 0.15) is 6.92 Å². The highest BCUT2D eigenvalue weighted by Crippen LogP contribution is 2.14. The molecular formula is C10H12ClNO5S. The van der Waals surface area contributed by atoms with Gasteiger partial charge >= 0.3 is 5.97 Å². The molecule has 0 spiro atoms. The third-order valence-electron chi connectivity index (χ3n) is 2.15. The van der Waals surface area contributed by atoms with Gasteiger partial charge in [0.25, 0.3) is 0 Å². The highest BCUT2D eigenvalue weighted by atomic mass is 35.5. The number of halogens is 1. The minimum Gasteiger partial charge on any atom is -0.480 e. The SMILES string of the molecule is C[C@H](O)[C@H](NS(=O)(=O)c1ccc(Cl)cc1)C(=O)O. The van der Waals surface area contributed by atoms with Crippen molar-refractivity contribution < 1.29 is 23.4 Å². The summed E-state index contributed by atoms with van der Waals surface area (Å²) in [4.78, 5) is 10.7. The van der Waals surface area contributed by atoms with E-state index in [9.17, 15) is 18.3 Å². The van der Waals surface area contributed by atoms with Crippen molar-refractivity contribution in [2.45, 2.75) is 24.0 Å². The molecule has 0 heterocycles. The lowest BCUT2D eigenvalue weighted by Crippen LogP contribution is -2.47. The Morgan fingerprint density at radius 2 is 1.83 bits per heavy atom. The molecule has 0 aliphatic carbocycles. The molecule has 0 aliphatic rings. The van der Waals surface area contributed by atoms with E-state index >= 15 is 0 Å². The number of carboxylic acid groups (broad SMARTS) is 1. The number of carboxylic acids is 1. The molecule has 0 aromatic heterocycles. The van der Waals surface area contributed by atoms with Crippen molar-refractivity contribution in [1.29, 1.82) is 0 Å². The molecule has 0 saturated heterocycles. The Balaban J connectivity index is 3.01. The van der Waals surface area contributed by atoms with E-state index in [0.717, 1.165) is 0 Å². The highest BCUT2D eigenvalue weighted by Gasteiger charge is 2.29. The number of rotatable bonds is 5. The molecule has 3 N–H and O–H groups in total. The smallest absolute Gasteiger partial charge is 0.324 e. The van der Waals surface area contributed by atoms with Gasteiger partial charge in [0.1, 0.15) is 6.04 Å². The molecule has 0 aliphatic heterocycles. The van der Waals surface area contributed by atoms with Gasteiger partial charge in [-0.15, -0.1) is 0 Å². The third kappa shape index (κ3) is 3.67. The van der Waals surface area contributed by atoms with Crippen LogP contribution in [-0.2, 0) is 14.8 Å². The van der Waals surface area contributed by atoms with E-state index in [1.165, 1.54) is 31.2 Å². The van der Waals surface area contributed by atoms with Crippen molar-refractivity contribution in [2.24, 2.45) is 0 Å². The molecule has 0 saturated carbocycles. The number of hydrogen-bond acceptors (Lipinski definition) is 4. The predicted octanol–water partition coefficient (Wildman–Crippen LogP) is 0.452. The van der Waals surface area contributed by atoms with Crippen molar-refractivity contribution in [2.75, 3.05) is 0 Å². The van der Waals surface area contributed by atoms with Crippen LogP contribution in [0.25, 0.3) is 0 Å². The van der Waals surface area contributed by atoms with Crippen LogP contribution in [0.3, 0.4) is 0 Å². The predicted molar refractivity (Wildman–Crippen MR) is 64.9 cm³/mol. The Morgan fingerprint density at radius 3 is 2.22 bits per heavy atom. The second kappa shape index (κ2) is 5.66. The lowest BCUT2D eigenvalue weighted by atomic mass is 10.2. The average molecular weight is 294 g/mol. The lowest BCUT2D eigenvalue weighted by Gasteiger charge is -2.17. The number of benzene rings is 1. The van der Waals surface area contributed by atoms with E-state index in [-0.39, 0.29) is 4.90 Å². The summed E-state index contributed by atoms with van der Waals surface area (Å²) in [6.07, 6.45) is -1.36. The molecule has 0 amide bonds. The van der Waals surface area contributed by atoms with E-state index in [0.29, 0.717) is 5.02 Å². The zero-order valence-electron chi connectivity index (χ0n) is 9.37. The maximum Gasteiger partial charge on any atom is 0.324 e. The number of aliphatic hydroxyl groups is 1. The van der Waals surface area contributed by atoms with Crippen LogP contribution in [0.15, 0.2) is 29.2 Å². The van der Waals surface area contributed by atoms with Gasteiger partial charge in [-0.3, -0.25) is 4.79 Å². The summed E-state index contributed by atoms with van der Waals surface area (Å²) < 4.78 is 25.6. The van der Waals surface area contributed by atoms with Crippen molar-refractivity contribution in [3.05, 3.63) is 29.3 Å². The van der Waals surface area contributed by atoms with Crippen LogP contribution in [-0.4, -0.2) is 36.7 Å². The van der Waals surface area contributed by atoms with Gasteiger partial charge in [-0.2, -0.15) is 4.72 Å². The summed E-state index contributed by atoms with van der Waals surface area (Å²) in [5.74, 6) is -1.46. The van der Waals surface area contributed by atoms with Gasteiger partial charge in [0, 0.05) is 5.02 Å². The van der Waals surface area contributed by atoms with E-state index < -0.39 is 28.1 Å². The van der Waals surface area contributed by atoms with E-state index in [2.05, 4.69) is 0 Å². The van der Waals surface area contributed by atoms with Crippen LogP contribution >= 0.6 is 11.6 Å².